The fraction of sp³-hybridized carbons (Fsp3) is 0.429. The van der Waals surface area contributed by atoms with E-state index >= 15 is 0 Å². The lowest BCUT2D eigenvalue weighted by atomic mass is 9.96. The molecule has 2 aromatic heterocycles. The van der Waals surface area contributed by atoms with E-state index in [0.717, 1.165) is 0 Å². The average Bonchev–Trinajstić information content (AvgIpc) is 3.03. The molecule has 122 valence electrons. The molecule has 1 saturated heterocycles. The molecule has 5 N–H and O–H groups in total. The van der Waals surface area contributed by atoms with Gasteiger partial charge in [0.05, 0.1) is 17.6 Å². The maximum Gasteiger partial charge on any atom is 0.167 e. The Morgan fingerprint density at radius 2 is 2.26 bits per heavy atom. The van der Waals surface area contributed by atoms with Crippen molar-refractivity contribution in [1.82, 2.24) is 14.5 Å². The quantitative estimate of drug-likeness (QED) is 0.367. The van der Waals surface area contributed by atoms with Crippen molar-refractivity contribution < 1.29 is 25.3 Å². The number of terminal acetylenes is 1. The summed E-state index contributed by atoms with van der Waals surface area (Å²) in [4.78, 5) is 8.00. The number of aliphatic hydroxyl groups is 3. The molecule has 0 amide bonds. The van der Waals surface area contributed by atoms with Gasteiger partial charge in [-0.05, 0) is 6.92 Å². The molecule has 9 nitrogen and oxygen atoms in total. The first-order valence-corrected chi connectivity index (χ1v) is 6.84. The molecule has 9 heteroatoms. The van der Waals surface area contributed by atoms with Crippen molar-refractivity contribution in [2.45, 2.75) is 31.0 Å². The van der Waals surface area contributed by atoms with E-state index in [1.165, 1.54) is 24.0 Å². The van der Waals surface area contributed by atoms with Crippen LogP contribution in [0.25, 0.3) is 11.0 Å². The fourth-order valence-corrected chi connectivity index (χ4v) is 2.85. The summed E-state index contributed by atoms with van der Waals surface area (Å²) < 4.78 is 7.02. The van der Waals surface area contributed by atoms with E-state index in [4.69, 9.17) is 11.2 Å². The van der Waals surface area contributed by atoms with Crippen molar-refractivity contribution in [2.24, 2.45) is 0 Å². The van der Waals surface area contributed by atoms with Crippen molar-refractivity contribution in [2.75, 3.05) is 12.1 Å². The Morgan fingerprint density at radius 3 is 2.83 bits per heavy atom. The normalized spacial score (nSPS) is 30.5. The molecule has 4 atom stereocenters. The molecule has 0 aromatic carbocycles. The molecular weight excluding hydrogens is 304 g/mol. The van der Waals surface area contributed by atoms with Crippen molar-refractivity contribution in [3.63, 3.8) is 0 Å². The van der Waals surface area contributed by atoms with Gasteiger partial charge in [0, 0.05) is 6.20 Å². The van der Waals surface area contributed by atoms with Crippen LogP contribution in [0.4, 0.5) is 5.82 Å². The summed E-state index contributed by atoms with van der Waals surface area (Å²) in [6.45, 7) is 0.944. The zero-order chi connectivity index (χ0) is 16.8. The molecule has 2 aromatic rings. The molecule has 3 rings (SSSR count). The Morgan fingerprint density at radius 1 is 1.52 bits per heavy atom. The first kappa shape index (κ1) is 15.7. The van der Waals surface area contributed by atoms with Crippen molar-refractivity contribution >= 4 is 16.9 Å². The van der Waals surface area contributed by atoms with Gasteiger partial charge in [-0.15, -0.1) is 6.42 Å². The van der Waals surface area contributed by atoms with Gasteiger partial charge < -0.3 is 24.6 Å². The molecule has 0 spiro atoms. The van der Waals surface area contributed by atoms with Gasteiger partial charge in [-0.2, -0.15) is 0 Å². The molecule has 1 unspecified atom stereocenters. The van der Waals surface area contributed by atoms with Crippen molar-refractivity contribution in [3.8, 4) is 12.3 Å². The van der Waals surface area contributed by atoms with Crippen LogP contribution in [0.2, 0.25) is 0 Å². The van der Waals surface area contributed by atoms with Gasteiger partial charge in [0.25, 0.3) is 0 Å². The van der Waals surface area contributed by atoms with Gasteiger partial charge in [-0.3, -0.25) is 10.7 Å². The Labute approximate surface area is 131 Å². The molecule has 0 aliphatic carbocycles. The Kier molecular flexibility index (Phi) is 3.71. The molecule has 1 aliphatic rings. The zero-order valence-corrected chi connectivity index (χ0v) is 12.2. The summed E-state index contributed by atoms with van der Waals surface area (Å²) in [5, 5.41) is 39.5. The third-order valence-corrected chi connectivity index (χ3v) is 4.06. The number of aliphatic hydroxyl groups excluding tert-OH is 2. The van der Waals surface area contributed by atoms with Crippen molar-refractivity contribution in [1.29, 1.82) is 0 Å². The molecule has 0 radical (unpaired) electrons. The van der Waals surface area contributed by atoms with Crippen LogP contribution in [0.5, 0.6) is 0 Å². The van der Waals surface area contributed by atoms with Gasteiger partial charge >= 0.3 is 0 Å². The molecule has 3 heterocycles. The second-order valence-corrected chi connectivity index (χ2v) is 5.51. The summed E-state index contributed by atoms with van der Waals surface area (Å²) in [6.07, 6.45) is 4.93. The Bertz CT molecular complexity index is 781. The first-order valence-electron chi connectivity index (χ1n) is 6.84. The van der Waals surface area contributed by atoms with Gasteiger partial charge in [0.1, 0.15) is 29.8 Å². The lowest BCUT2D eigenvalue weighted by molar-refractivity contribution is -0.0948. The maximum absolute atomic E-state index is 10.6. The largest absolute Gasteiger partial charge is 0.394 e. The van der Waals surface area contributed by atoms with Crippen molar-refractivity contribution in [3.05, 3.63) is 18.1 Å². The molecule has 0 bridgehead atoms. The minimum atomic E-state index is -1.68. The molecule has 1 fully saturated rings. The lowest BCUT2D eigenvalue weighted by Crippen LogP contribution is -2.44. The summed E-state index contributed by atoms with van der Waals surface area (Å²) in [6, 6.07) is 0. The van der Waals surface area contributed by atoms with Crippen LogP contribution in [0.1, 0.15) is 18.7 Å². The number of anilines is 1. The zero-order valence-electron chi connectivity index (χ0n) is 12.2. The van der Waals surface area contributed by atoms with E-state index < -0.39 is 30.6 Å². The highest BCUT2D eigenvalue weighted by molar-refractivity contribution is 5.92. The van der Waals surface area contributed by atoms with Gasteiger partial charge in [-0.1, -0.05) is 5.92 Å². The van der Waals surface area contributed by atoms with Crippen LogP contribution in [-0.4, -0.2) is 59.5 Å². The Hall–Kier alpha value is -2.22. The van der Waals surface area contributed by atoms with Gasteiger partial charge in [-0.25, -0.2) is 9.97 Å². The number of hydrogen-bond donors (Lipinski definition) is 5. The highest BCUT2D eigenvalue weighted by atomic mass is 16.6. The van der Waals surface area contributed by atoms with Gasteiger partial charge in [0.15, 0.2) is 12.0 Å². The van der Waals surface area contributed by atoms with Gasteiger partial charge in [0.2, 0.25) is 0 Å². The third-order valence-electron chi connectivity index (χ3n) is 4.06. The van der Waals surface area contributed by atoms with E-state index in [2.05, 4.69) is 15.9 Å². The highest BCUT2D eigenvalue weighted by Gasteiger charge is 2.53. The van der Waals surface area contributed by atoms with Crippen LogP contribution in [0, 0.1) is 12.3 Å². The Balaban J connectivity index is 2.20. The van der Waals surface area contributed by atoms with E-state index in [1.54, 1.807) is 0 Å². The second kappa shape index (κ2) is 5.45. The number of hydrogen-bond acceptors (Lipinski definition) is 8. The van der Waals surface area contributed by atoms with Crippen LogP contribution in [0.3, 0.4) is 0 Å². The summed E-state index contributed by atoms with van der Waals surface area (Å²) in [5.74, 6) is 2.56. The van der Waals surface area contributed by atoms with Crippen LogP contribution in [-0.2, 0) is 4.74 Å². The van der Waals surface area contributed by atoms with E-state index in [9.17, 15) is 20.5 Å². The molecule has 0 saturated carbocycles. The molecule has 23 heavy (non-hydrogen) atoms. The maximum atomic E-state index is 10.6. The number of nitrogens with one attached hydrogen (secondary N) is 1. The SMILES string of the molecule is C#Cc1cn(C2O[C@H](CO)[C@@H](O)[C@@]2(C)O)c2ncnc(NO)c12. The minimum absolute atomic E-state index is 0.110. The molecular formula is C14H16N4O5. The number of aromatic nitrogens is 3. The summed E-state index contributed by atoms with van der Waals surface area (Å²) >= 11 is 0. The van der Waals surface area contributed by atoms with Crippen LogP contribution in [0.15, 0.2) is 12.5 Å². The number of nitrogens with zero attached hydrogens (tertiary/aromatic N) is 3. The minimum Gasteiger partial charge on any atom is -0.394 e. The van der Waals surface area contributed by atoms with Crippen LogP contribution < -0.4 is 5.48 Å². The number of rotatable bonds is 3. The highest BCUT2D eigenvalue weighted by Crippen LogP contribution is 2.40. The van der Waals surface area contributed by atoms with Crippen LogP contribution >= 0.6 is 0 Å². The average molecular weight is 320 g/mol. The van der Waals surface area contributed by atoms with E-state index in [0.29, 0.717) is 16.6 Å². The first-order chi connectivity index (χ1) is 11.0. The second-order valence-electron chi connectivity index (χ2n) is 5.51. The summed E-state index contributed by atoms with van der Waals surface area (Å²) in [7, 11) is 0. The van der Waals surface area contributed by atoms with E-state index in [-0.39, 0.29) is 5.82 Å². The lowest BCUT2D eigenvalue weighted by Gasteiger charge is -2.27. The number of fused-ring (bicyclic) bond motifs is 1. The van der Waals surface area contributed by atoms with E-state index in [1.807, 2.05) is 5.48 Å². The summed E-state index contributed by atoms with van der Waals surface area (Å²) in [5.41, 5.74) is 0.947. The predicted molar refractivity (Wildman–Crippen MR) is 78.5 cm³/mol. The predicted octanol–water partition coefficient (Wildman–Crippen LogP) is -0.785. The monoisotopic (exact) mass is 320 g/mol. The number of ether oxygens (including phenoxy) is 1. The smallest absolute Gasteiger partial charge is 0.167 e. The molecule has 1 aliphatic heterocycles. The standard InChI is InChI=1S/C14H16N4O5/c1-3-7-4-18(12-9(7)11(17-22)15-6-16-12)13-14(2,21)10(20)8(5-19)23-13/h1,4,6,8,10,13,19-22H,5H2,2H3,(H,15,16,17)/t8-,10-,13?,14-/m1/s1. The third kappa shape index (κ3) is 2.16. The topological polar surface area (TPSA) is 133 Å². The fourth-order valence-electron chi connectivity index (χ4n) is 2.85.